The third-order valence-corrected chi connectivity index (χ3v) is 2.51. The number of benzene rings is 1. The van der Waals surface area contributed by atoms with Crippen LogP contribution in [0.3, 0.4) is 0 Å². The van der Waals surface area contributed by atoms with Gasteiger partial charge in [0.15, 0.2) is 0 Å². The highest BCUT2D eigenvalue weighted by Crippen LogP contribution is 2.25. The van der Waals surface area contributed by atoms with E-state index in [1.807, 2.05) is 0 Å². The van der Waals surface area contributed by atoms with E-state index in [1.165, 1.54) is 12.1 Å². The van der Waals surface area contributed by atoms with Crippen molar-refractivity contribution >= 4 is 17.3 Å². The van der Waals surface area contributed by atoms with Crippen LogP contribution in [0.1, 0.15) is 16.8 Å². The normalized spacial score (nSPS) is 10.0. The first kappa shape index (κ1) is 15.6. The Labute approximate surface area is 116 Å². The number of carbonyl (C=O) groups excluding carboxylic acids is 1. The summed E-state index contributed by atoms with van der Waals surface area (Å²) in [7, 11) is 0. The van der Waals surface area contributed by atoms with Crippen LogP contribution in [-0.2, 0) is 4.74 Å². The van der Waals surface area contributed by atoms with Crippen molar-refractivity contribution in [2.75, 3.05) is 25.1 Å². The van der Waals surface area contributed by atoms with Crippen molar-refractivity contribution in [1.82, 2.24) is 0 Å². The van der Waals surface area contributed by atoms with E-state index in [-0.39, 0.29) is 11.3 Å². The molecule has 0 saturated heterocycles. The first-order valence-electron chi connectivity index (χ1n) is 6.07. The number of carbonyl (C=O) groups is 1. The molecule has 0 aliphatic heterocycles. The predicted molar refractivity (Wildman–Crippen MR) is 75.7 cm³/mol. The number of hydrogen-bond donors (Lipinski definition) is 2. The second kappa shape index (κ2) is 7.90. The molecule has 0 aromatic heterocycles. The number of hydrogen-bond acceptors (Lipinski definition) is 5. The summed E-state index contributed by atoms with van der Waals surface area (Å²) in [4.78, 5) is 21.4. The molecule has 0 bridgehead atoms. The molecule has 0 unspecified atom stereocenters. The maximum Gasteiger partial charge on any atom is 0.293 e. The third kappa shape index (κ3) is 4.69. The topological polar surface area (TPSA) is 107 Å². The van der Waals surface area contributed by atoms with Gasteiger partial charge in [-0.2, -0.15) is 0 Å². The molecule has 3 N–H and O–H groups in total. The Balaban J connectivity index is 2.62. The van der Waals surface area contributed by atoms with Gasteiger partial charge in [0.05, 0.1) is 18.1 Å². The second-order valence-electron chi connectivity index (χ2n) is 3.97. The maximum absolute atomic E-state index is 11.0. The lowest BCUT2D eigenvalue weighted by molar-refractivity contribution is -0.384. The van der Waals surface area contributed by atoms with Gasteiger partial charge in [0.1, 0.15) is 5.69 Å². The van der Waals surface area contributed by atoms with E-state index >= 15 is 0 Å². The summed E-state index contributed by atoms with van der Waals surface area (Å²) in [5.74, 6) is -0.701. The number of rotatable bonds is 9. The van der Waals surface area contributed by atoms with Crippen LogP contribution in [-0.4, -0.2) is 30.6 Å². The lowest BCUT2D eigenvalue weighted by Crippen LogP contribution is -2.13. The Morgan fingerprint density at radius 2 is 2.25 bits per heavy atom. The molecule has 1 aromatic carbocycles. The molecule has 1 aromatic rings. The summed E-state index contributed by atoms with van der Waals surface area (Å²) in [6, 6.07) is 4.06. The molecule has 0 atom stereocenters. The molecule has 1 rings (SSSR count). The van der Waals surface area contributed by atoms with Crippen LogP contribution in [0.4, 0.5) is 11.4 Å². The first-order chi connectivity index (χ1) is 9.56. The third-order valence-electron chi connectivity index (χ3n) is 2.51. The van der Waals surface area contributed by atoms with Gasteiger partial charge in [-0.25, -0.2) is 0 Å². The summed E-state index contributed by atoms with van der Waals surface area (Å²) < 4.78 is 5.28. The zero-order valence-corrected chi connectivity index (χ0v) is 11.0. The minimum absolute atomic E-state index is 0.101. The summed E-state index contributed by atoms with van der Waals surface area (Å²) >= 11 is 0. The van der Waals surface area contributed by atoms with E-state index in [0.717, 1.165) is 12.5 Å². The van der Waals surface area contributed by atoms with Crippen molar-refractivity contribution in [1.29, 1.82) is 0 Å². The van der Waals surface area contributed by atoms with Crippen LogP contribution in [0.5, 0.6) is 0 Å². The van der Waals surface area contributed by atoms with Gasteiger partial charge in [-0.3, -0.25) is 14.9 Å². The Bertz CT molecular complexity index is 502. The smallest absolute Gasteiger partial charge is 0.293 e. The van der Waals surface area contributed by atoms with Crippen LogP contribution in [0.25, 0.3) is 0 Å². The highest BCUT2D eigenvalue weighted by molar-refractivity contribution is 5.94. The van der Waals surface area contributed by atoms with E-state index in [4.69, 9.17) is 10.5 Å². The molecule has 0 heterocycles. The zero-order chi connectivity index (χ0) is 15.0. The van der Waals surface area contributed by atoms with Crippen molar-refractivity contribution in [2.45, 2.75) is 6.42 Å². The van der Waals surface area contributed by atoms with Crippen molar-refractivity contribution < 1.29 is 14.5 Å². The van der Waals surface area contributed by atoms with Crippen LogP contribution in [0.2, 0.25) is 0 Å². The summed E-state index contributed by atoms with van der Waals surface area (Å²) in [6.07, 6.45) is 2.51. The lowest BCUT2D eigenvalue weighted by Gasteiger charge is -2.08. The van der Waals surface area contributed by atoms with Gasteiger partial charge in [-0.15, -0.1) is 6.58 Å². The summed E-state index contributed by atoms with van der Waals surface area (Å²) in [5, 5.41) is 13.8. The standard InChI is InChI=1S/C13H17N3O4/c1-2-3-7-20-8-6-15-11-5-4-10(13(14)17)9-12(11)16(18)19/h2,4-5,9,15H,1,3,6-8H2,(H2,14,17). The van der Waals surface area contributed by atoms with Gasteiger partial charge in [0.25, 0.3) is 5.69 Å². The number of nitrogens with two attached hydrogens (primary N) is 1. The molecule has 7 heteroatoms. The molecule has 0 radical (unpaired) electrons. The van der Waals surface area contributed by atoms with Gasteiger partial charge >= 0.3 is 0 Å². The van der Waals surface area contributed by atoms with Crippen molar-refractivity contribution in [3.05, 3.63) is 46.5 Å². The van der Waals surface area contributed by atoms with E-state index in [9.17, 15) is 14.9 Å². The Morgan fingerprint density at radius 3 is 2.85 bits per heavy atom. The Morgan fingerprint density at radius 1 is 1.50 bits per heavy atom. The monoisotopic (exact) mass is 279 g/mol. The minimum Gasteiger partial charge on any atom is -0.379 e. The highest BCUT2D eigenvalue weighted by atomic mass is 16.6. The number of anilines is 1. The molecule has 0 spiro atoms. The predicted octanol–water partition coefficient (Wildman–Crippen LogP) is 1.70. The number of ether oxygens (including phenoxy) is 1. The molecule has 1 amide bonds. The highest BCUT2D eigenvalue weighted by Gasteiger charge is 2.16. The van der Waals surface area contributed by atoms with E-state index < -0.39 is 10.8 Å². The number of nitrogens with zero attached hydrogens (tertiary/aromatic N) is 1. The fraction of sp³-hybridized carbons (Fsp3) is 0.308. The molecule has 0 aliphatic carbocycles. The quantitative estimate of drug-likeness (QED) is 0.309. The Kier molecular flexibility index (Phi) is 6.18. The maximum atomic E-state index is 11.0. The van der Waals surface area contributed by atoms with Crippen LogP contribution >= 0.6 is 0 Å². The second-order valence-corrected chi connectivity index (χ2v) is 3.97. The molecule has 0 fully saturated rings. The van der Waals surface area contributed by atoms with E-state index in [1.54, 1.807) is 6.08 Å². The summed E-state index contributed by atoms with van der Waals surface area (Å²) in [5.41, 5.74) is 5.33. The average Bonchev–Trinajstić information content (AvgIpc) is 2.42. The molecule has 0 aliphatic rings. The molecule has 20 heavy (non-hydrogen) atoms. The fourth-order valence-corrected chi connectivity index (χ4v) is 1.51. The van der Waals surface area contributed by atoms with Crippen LogP contribution in [0, 0.1) is 10.1 Å². The number of nitro benzene ring substituents is 1. The first-order valence-corrected chi connectivity index (χ1v) is 6.07. The number of primary amides is 1. The molecule has 0 saturated carbocycles. The number of nitro groups is 1. The van der Waals surface area contributed by atoms with E-state index in [2.05, 4.69) is 11.9 Å². The van der Waals surface area contributed by atoms with Gasteiger partial charge in [0.2, 0.25) is 5.91 Å². The molecular weight excluding hydrogens is 262 g/mol. The summed E-state index contributed by atoms with van der Waals surface area (Å²) in [6.45, 7) is 4.98. The van der Waals surface area contributed by atoms with Crippen molar-refractivity contribution in [2.24, 2.45) is 5.73 Å². The lowest BCUT2D eigenvalue weighted by atomic mass is 10.1. The Hall–Kier alpha value is -2.41. The molecular formula is C13H17N3O4. The number of amides is 1. The van der Waals surface area contributed by atoms with Crippen molar-refractivity contribution in [3.63, 3.8) is 0 Å². The zero-order valence-electron chi connectivity index (χ0n) is 11.0. The average molecular weight is 279 g/mol. The fourth-order valence-electron chi connectivity index (χ4n) is 1.51. The largest absolute Gasteiger partial charge is 0.379 e. The van der Waals surface area contributed by atoms with Gasteiger partial charge in [0, 0.05) is 18.2 Å². The van der Waals surface area contributed by atoms with Gasteiger partial charge in [-0.1, -0.05) is 6.08 Å². The molecule has 108 valence electrons. The van der Waals surface area contributed by atoms with Crippen LogP contribution in [0.15, 0.2) is 30.9 Å². The molecule has 7 nitrogen and oxygen atoms in total. The van der Waals surface area contributed by atoms with Gasteiger partial charge < -0.3 is 15.8 Å². The van der Waals surface area contributed by atoms with Gasteiger partial charge in [-0.05, 0) is 18.6 Å². The van der Waals surface area contributed by atoms with E-state index in [0.29, 0.717) is 25.4 Å². The minimum atomic E-state index is -0.701. The number of nitrogens with one attached hydrogen (secondary N) is 1. The van der Waals surface area contributed by atoms with Crippen molar-refractivity contribution in [3.8, 4) is 0 Å². The van der Waals surface area contributed by atoms with Crippen LogP contribution < -0.4 is 11.1 Å². The SMILES string of the molecule is C=CCCOCCNc1ccc(C(N)=O)cc1[N+](=O)[O-].